The molecule has 1 heterocycles. The molecule has 19 heavy (non-hydrogen) atoms. The predicted molar refractivity (Wildman–Crippen MR) is 79.0 cm³/mol. The smallest absolute Gasteiger partial charge is 0.233 e. The third kappa shape index (κ3) is 3.93. The Kier molecular flexibility index (Phi) is 4.75. The Morgan fingerprint density at radius 2 is 2.05 bits per heavy atom. The molecule has 0 fully saturated rings. The van der Waals surface area contributed by atoms with Crippen LogP contribution in [-0.2, 0) is 4.79 Å². The van der Waals surface area contributed by atoms with Gasteiger partial charge >= 0.3 is 0 Å². The molecule has 0 radical (unpaired) electrons. The molecule has 0 aliphatic heterocycles. The van der Waals surface area contributed by atoms with Crippen molar-refractivity contribution in [1.29, 1.82) is 0 Å². The van der Waals surface area contributed by atoms with Crippen LogP contribution in [0.1, 0.15) is 6.92 Å². The summed E-state index contributed by atoms with van der Waals surface area (Å²) in [7, 11) is 1.63. The van der Waals surface area contributed by atoms with Gasteiger partial charge < -0.3 is 10.6 Å². The maximum Gasteiger partial charge on any atom is 0.233 e. The molecule has 7 heteroatoms. The summed E-state index contributed by atoms with van der Waals surface area (Å²) in [6.07, 6.45) is 0. The molecular weight excluding hydrogens is 280 g/mol. The summed E-state index contributed by atoms with van der Waals surface area (Å²) in [6, 6.07) is 9.78. The second-order valence-corrected chi connectivity index (χ2v) is 6.30. The zero-order valence-electron chi connectivity index (χ0n) is 10.6. The number of para-hydroxylation sites is 1. The van der Waals surface area contributed by atoms with E-state index in [-0.39, 0.29) is 11.2 Å². The molecule has 2 aromatic rings. The van der Waals surface area contributed by atoms with E-state index in [1.165, 1.54) is 23.1 Å². The monoisotopic (exact) mass is 294 g/mol. The van der Waals surface area contributed by atoms with Crippen LogP contribution in [0.25, 0.3) is 0 Å². The summed E-state index contributed by atoms with van der Waals surface area (Å²) in [6.45, 7) is 1.84. The first-order valence-corrected chi connectivity index (χ1v) is 7.42. The molecule has 0 aliphatic carbocycles. The van der Waals surface area contributed by atoms with Crippen molar-refractivity contribution in [2.24, 2.45) is 0 Å². The van der Waals surface area contributed by atoms with E-state index < -0.39 is 0 Å². The molecule has 2 N–H and O–H groups in total. The Labute approximate surface area is 119 Å². The largest absolute Gasteiger partial charge is 0.358 e. The molecular formula is C12H14N4OS2. The SMILES string of the molecule is CNC(=O)[C@@H](C)Sc1nnc(Nc2ccccc2)s1. The van der Waals surface area contributed by atoms with Crippen LogP contribution in [-0.4, -0.2) is 28.4 Å². The molecule has 1 aromatic carbocycles. The van der Waals surface area contributed by atoms with Gasteiger partial charge in [-0.1, -0.05) is 41.3 Å². The average molecular weight is 294 g/mol. The van der Waals surface area contributed by atoms with Gasteiger partial charge in [-0.25, -0.2) is 0 Å². The summed E-state index contributed by atoms with van der Waals surface area (Å²) in [5.74, 6) is -0.0160. The number of carbonyl (C=O) groups excluding carboxylic acids is 1. The zero-order chi connectivity index (χ0) is 13.7. The Morgan fingerprint density at radius 3 is 2.74 bits per heavy atom. The van der Waals surface area contributed by atoms with Gasteiger partial charge in [0.1, 0.15) is 0 Å². The summed E-state index contributed by atoms with van der Waals surface area (Å²) < 4.78 is 0.773. The molecule has 1 amide bonds. The van der Waals surface area contributed by atoms with Gasteiger partial charge in [0, 0.05) is 12.7 Å². The number of nitrogens with one attached hydrogen (secondary N) is 2. The van der Waals surface area contributed by atoms with Gasteiger partial charge in [-0.2, -0.15) is 0 Å². The van der Waals surface area contributed by atoms with Crippen molar-refractivity contribution >= 4 is 39.8 Å². The van der Waals surface area contributed by atoms with E-state index >= 15 is 0 Å². The van der Waals surface area contributed by atoms with Crippen LogP contribution in [0, 0.1) is 0 Å². The molecule has 100 valence electrons. The van der Waals surface area contributed by atoms with Crippen molar-refractivity contribution < 1.29 is 4.79 Å². The van der Waals surface area contributed by atoms with Crippen LogP contribution in [0.5, 0.6) is 0 Å². The number of rotatable bonds is 5. The van der Waals surface area contributed by atoms with E-state index in [9.17, 15) is 4.79 Å². The van der Waals surface area contributed by atoms with E-state index in [1.807, 2.05) is 37.3 Å². The standard InChI is InChI=1S/C12H14N4OS2/c1-8(10(17)13-2)18-12-16-15-11(19-12)14-9-6-4-3-5-7-9/h3-8H,1-2H3,(H,13,17)(H,14,15)/t8-/m1/s1. The minimum atomic E-state index is -0.178. The second-order valence-electron chi connectivity index (χ2n) is 3.74. The Balaban J connectivity index is 1.98. The molecule has 0 spiro atoms. The van der Waals surface area contributed by atoms with Gasteiger partial charge in [0.2, 0.25) is 11.0 Å². The maximum atomic E-state index is 11.4. The lowest BCUT2D eigenvalue weighted by Crippen LogP contribution is -2.27. The number of benzene rings is 1. The van der Waals surface area contributed by atoms with E-state index in [0.717, 1.165) is 15.2 Å². The first kappa shape index (κ1) is 13.8. The van der Waals surface area contributed by atoms with Crippen LogP contribution in [0.2, 0.25) is 0 Å². The fraction of sp³-hybridized carbons (Fsp3) is 0.250. The maximum absolute atomic E-state index is 11.4. The van der Waals surface area contributed by atoms with Crippen molar-refractivity contribution in [1.82, 2.24) is 15.5 Å². The van der Waals surface area contributed by atoms with Crippen molar-refractivity contribution in [2.75, 3.05) is 12.4 Å². The minimum absolute atomic E-state index is 0.0160. The van der Waals surface area contributed by atoms with Crippen LogP contribution in [0.4, 0.5) is 10.8 Å². The van der Waals surface area contributed by atoms with Crippen LogP contribution < -0.4 is 10.6 Å². The topological polar surface area (TPSA) is 66.9 Å². The van der Waals surface area contributed by atoms with Gasteiger partial charge in [-0.3, -0.25) is 4.79 Å². The minimum Gasteiger partial charge on any atom is -0.358 e. The normalized spacial score (nSPS) is 11.9. The van der Waals surface area contributed by atoms with E-state index in [4.69, 9.17) is 0 Å². The Bertz CT molecular complexity index is 544. The third-order valence-corrected chi connectivity index (χ3v) is 4.35. The fourth-order valence-electron chi connectivity index (χ4n) is 1.36. The van der Waals surface area contributed by atoms with Gasteiger partial charge in [0.05, 0.1) is 5.25 Å². The highest BCUT2D eigenvalue weighted by Gasteiger charge is 2.15. The molecule has 2 rings (SSSR count). The van der Waals surface area contributed by atoms with Crippen molar-refractivity contribution in [2.45, 2.75) is 16.5 Å². The van der Waals surface area contributed by atoms with Crippen LogP contribution in [0.15, 0.2) is 34.7 Å². The van der Waals surface area contributed by atoms with Crippen molar-refractivity contribution in [3.63, 3.8) is 0 Å². The number of nitrogens with zero attached hydrogens (tertiary/aromatic N) is 2. The summed E-state index contributed by atoms with van der Waals surface area (Å²) >= 11 is 2.83. The first-order valence-electron chi connectivity index (χ1n) is 5.73. The molecule has 5 nitrogen and oxygen atoms in total. The number of carbonyl (C=O) groups is 1. The molecule has 0 unspecified atom stereocenters. The van der Waals surface area contributed by atoms with E-state index in [1.54, 1.807) is 7.05 Å². The average Bonchev–Trinajstić information content (AvgIpc) is 2.86. The summed E-state index contributed by atoms with van der Waals surface area (Å²) in [5.41, 5.74) is 0.967. The predicted octanol–water partition coefficient (Wildman–Crippen LogP) is 2.51. The number of hydrogen-bond acceptors (Lipinski definition) is 6. The second kappa shape index (κ2) is 6.53. The van der Waals surface area contributed by atoms with Crippen LogP contribution in [0.3, 0.4) is 0 Å². The lowest BCUT2D eigenvalue weighted by atomic mass is 10.3. The molecule has 0 saturated heterocycles. The van der Waals surface area contributed by atoms with Crippen molar-refractivity contribution in [3.8, 4) is 0 Å². The molecule has 0 bridgehead atoms. The molecule has 1 atom stereocenters. The highest BCUT2D eigenvalue weighted by molar-refractivity contribution is 8.02. The van der Waals surface area contributed by atoms with E-state index in [0.29, 0.717) is 0 Å². The van der Waals surface area contributed by atoms with Crippen LogP contribution >= 0.6 is 23.1 Å². The van der Waals surface area contributed by atoms with Gasteiger partial charge in [0.15, 0.2) is 4.34 Å². The highest BCUT2D eigenvalue weighted by atomic mass is 32.2. The first-order chi connectivity index (χ1) is 9.19. The number of amides is 1. The molecule has 1 aromatic heterocycles. The summed E-state index contributed by atoms with van der Waals surface area (Å²) in [5, 5.41) is 14.4. The highest BCUT2D eigenvalue weighted by Crippen LogP contribution is 2.30. The number of anilines is 2. The number of hydrogen-bond donors (Lipinski definition) is 2. The van der Waals surface area contributed by atoms with Crippen molar-refractivity contribution in [3.05, 3.63) is 30.3 Å². The number of thioether (sulfide) groups is 1. The van der Waals surface area contributed by atoms with Gasteiger partial charge in [0.25, 0.3) is 0 Å². The quantitative estimate of drug-likeness (QED) is 0.829. The Hall–Kier alpha value is -1.60. The third-order valence-electron chi connectivity index (χ3n) is 2.32. The summed E-state index contributed by atoms with van der Waals surface area (Å²) in [4.78, 5) is 11.4. The molecule has 0 aliphatic rings. The fourth-order valence-corrected chi connectivity index (χ4v) is 3.34. The Morgan fingerprint density at radius 1 is 1.32 bits per heavy atom. The lowest BCUT2D eigenvalue weighted by molar-refractivity contribution is -0.119. The number of aromatic nitrogens is 2. The molecule has 0 saturated carbocycles. The van der Waals surface area contributed by atoms with Gasteiger partial charge in [-0.15, -0.1) is 10.2 Å². The van der Waals surface area contributed by atoms with E-state index in [2.05, 4.69) is 20.8 Å². The zero-order valence-corrected chi connectivity index (χ0v) is 12.2. The lowest BCUT2D eigenvalue weighted by Gasteiger charge is -2.05. The van der Waals surface area contributed by atoms with Gasteiger partial charge in [-0.05, 0) is 19.1 Å².